The number of carbonyl (C=O) groups excluding carboxylic acids is 3. The predicted molar refractivity (Wildman–Crippen MR) is 148 cm³/mol. The van der Waals surface area contributed by atoms with Gasteiger partial charge in [-0.05, 0) is 47.4 Å². The van der Waals surface area contributed by atoms with Gasteiger partial charge >= 0.3 is 0 Å². The highest BCUT2D eigenvalue weighted by Crippen LogP contribution is 2.20. The summed E-state index contributed by atoms with van der Waals surface area (Å²) < 4.78 is 5.86. The molecule has 0 radical (unpaired) electrons. The van der Waals surface area contributed by atoms with Gasteiger partial charge in [0.1, 0.15) is 18.4 Å². The maximum Gasteiger partial charge on any atom is 0.248 e. The van der Waals surface area contributed by atoms with E-state index in [4.69, 9.17) is 10.5 Å². The Morgan fingerprint density at radius 2 is 1.50 bits per heavy atom. The summed E-state index contributed by atoms with van der Waals surface area (Å²) in [6, 6.07) is 23.0. The van der Waals surface area contributed by atoms with E-state index < -0.39 is 11.9 Å². The zero-order chi connectivity index (χ0) is 27.2. The predicted octanol–water partition coefficient (Wildman–Crippen LogP) is 5.20. The second kappa shape index (κ2) is 15.2. The van der Waals surface area contributed by atoms with Gasteiger partial charge < -0.3 is 21.1 Å². The van der Waals surface area contributed by atoms with Crippen molar-refractivity contribution in [3.8, 4) is 5.75 Å². The van der Waals surface area contributed by atoms with Gasteiger partial charge in [-0.15, -0.1) is 0 Å². The fourth-order valence-electron chi connectivity index (χ4n) is 4.00. The zero-order valence-electron chi connectivity index (χ0n) is 22.0. The maximum atomic E-state index is 13.2. The van der Waals surface area contributed by atoms with Gasteiger partial charge in [-0.25, -0.2) is 0 Å². The van der Waals surface area contributed by atoms with Crippen LogP contribution in [0, 0.1) is 0 Å². The zero-order valence-corrected chi connectivity index (χ0v) is 22.0. The van der Waals surface area contributed by atoms with Gasteiger partial charge in [0.25, 0.3) is 0 Å². The third-order valence-electron chi connectivity index (χ3n) is 6.24. The second-order valence-corrected chi connectivity index (χ2v) is 9.29. The van der Waals surface area contributed by atoms with E-state index in [1.807, 2.05) is 30.3 Å². The number of nitrogens with one attached hydrogen (secondary N) is 2. The van der Waals surface area contributed by atoms with Crippen molar-refractivity contribution >= 4 is 17.7 Å². The van der Waals surface area contributed by atoms with Crippen LogP contribution in [-0.2, 0) is 22.7 Å². The molecule has 3 amide bonds. The van der Waals surface area contributed by atoms with E-state index in [2.05, 4.69) is 17.6 Å². The van der Waals surface area contributed by atoms with Crippen molar-refractivity contribution in [2.45, 2.75) is 64.6 Å². The molecular weight excluding hydrogens is 478 g/mol. The molecule has 3 aromatic carbocycles. The van der Waals surface area contributed by atoms with Crippen molar-refractivity contribution in [3.05, 3.63) is 101 Å². The van der Waals surface area contributed by atoms with Gasteiger partial charge in [0, 0.05) is 18.5 Å². The summed E-state index contributed by atoms with van der Waals surface area (Å²) >= 11 is 0. The molecule has 38 heavy (non-hydrogen) atoms. The Hall–Kier alpha value is -4.13. The molecule has 200 valence electrons. The highest BCUT2D eigenvalue weighted by molar-refractivity contribution is 5.92. The molecule has 0 fully saturated rings. The van der Waals surface area contributed by atoms with Gasteiger partial charge in [0.05, 0.1) is 0 Å². The Balaban J connectivity index is 1.64. The van der Waals surface area contributed by atoms with E-state index >= 15 is 0 Å². The van der Waals surface area contributed by atoms with Crippen LogP contribution in [0.2, 0.25) is 0 Å². The highest BCUT2D eigenvalue weighted by Gasteiger charge is 2.22. The van der Waals surface area contributed by atoms with Gasteiger partial charge in [-0.3, -0.25) is 14.4 Å². The van der Waals surface area contributed by atoms with Crippen LogP contribution in [0.25, 0.3) is 0 Å². The molecule has 0 aliphatic heterocycles. The minimum absolute atomic E-state index is 0.156. The SMILES string of the molecule is CCCCCCCC(=O)N[C@H](C(=O)NCc1ccc(C(N)=O)cc1)c1ccc(OCc2ccccc2)cc1. The van der Waals surface area contributed by atoms with Gasteiger partial charge in [-0.2, -0.15) is 0 Å². The fourth-order valence-corrected chi connectivity index (χ4v) is 4.00. The summed E-state index contributed by atoms with van der Waals surface area (Å²) in [5.41, 5.74) is 8.24. The number of ether oxygens (including phenoxy) is 1. The van der Waals surface area contributed by atoms with Gasteiger partial charge in [0.15, 0.2) is 0 Å². The number of benzene rings is 3. The molecule has 0 bridgehead atoms. The highest BCUT2D eigenvalue weighted by atomic mass is 16.5. The van der Waals surface area contributed by atoms with E-state index in [1.165, 1.54) is 0 Å². The molecule has 4 N–H and O–H groups in total. The molecule has 0 aromatic heterocycles. The van der Waals surface area contributed by atoms with Crippen LogP contribution in [0.15, 0.2) is 78.9 Å². The first-order valence-corrected chi connectivity index (χ1v) is 13.2. The standard InChI is InChI=1S/C31H37N3O4/c1-2-3-4-5-9-12-28(35)34-29(31(37)33-21-23-13-15-26(16-14-23)30(32)36)25-17-19-27(20-18-25)38-22-24-10-7-6-8-11-24/h6-8,10-11,13-20,29H,2-5,9,12,21-22H2,1H3,(H2,32,36)(H,33,37)(H,34,35)/t29-/m0/s1. The number of nitrogens with two attached hydrogens (primary N) is 1. The Bertz CT molecular complexity index is 1160. The average molecular weight is 516 g/mol. The fraction of sp³-hybridized carbons (Fsp3) is 0.323. The average Bonchev–Trinajstić information content (AvgIpc) is 2.94. The summed E-state index contributed by atoms with van der Waals surface area (Å²) in [6.07, 6.45) is 5.56. The third-order valence-corrected chi connectivity index (χ3v) is 6.24. The van der Waals surface area contributed by atoms with Crippen LogP contribution in [0.4, 0.5) is 0 Å². The summed E-state index contributed by atoms with van der Waals surface area (Å²) in [4.78, 5) is 37.2. The Morgan fingerprint density at radius 1 is 0.816 bits per heavy atom. The van der Waals surface area contributed by atoms with Crippen molar-refractivity contribution < 1.29 is 19.1 Å². The lowest BCUT2D eigenvalue weighted by atomic mass is 10.0. The van der Waals surface area contributed by atoms with E-state index in [9.17, 15) is 14.4 Å². The number of amides is 3. The molecule has 3 rings (SSSR count). The smallest absolute Gasteiger partial charge is 0.248 e. The summed E-state index contributed by atoms with van der Waals surface area (Å²) in [6.45, 7) is 2.84. The van der Waals surface area contributed by atoms with E-state index in [0.717, 1.165) is 43.2 Å². The molecule has 0 saturated heterocycles. The quantitative estimate of drug-likeness (QED) is 0.242. The van der Waals surface area contributed by atoms with Crippen molar-refractivity contribution in [2.75, 3.05) is 0 Å². The van der Waals surface area contributed by atoms with Crippen LogP contribution >= 0.6 is 0 Å². The molecule has 3 aromatic rings. The van der Waals surface area contributed by atoms with Crippen molar-refractivity contribution in [3.63, 3.8) is 0 Å². The molecular formula is C31H37N3O4. The summed E-state index contributed by atoms with van der Waals surface area (Å²) in [7, 11) is 0. The molecule has 0 heterocycles. The third kappa shape index (κ3) is 9.39. The lowest BCUT2D eigenvalue weighted by Crippen LogP contribution is -2.40. The lowest BCUT2D eigenvalue weighted by Gasteiger charge is -2.20. The first-order chi connectivity index (χ1) is 18.5. The number of carbonyl (C=O) groups is 3. The molecule has 0 spiro atoms. The maximum absolute atomic E-state index is 13.2. The minimum atomic E-state index is -0.841. The Kier molecular flexibility index (Phi) is 11.4. The normalized spacial score (nSPS) is 11.4. The first kappa shape index (κ1) is 28.4. The Morgan fingerprint density at radius 3 is 2.16 bits per heavy atom. The Labute approximate surface area is 224 Å². The number of unbranched alkanes of at least 4 members (excludes halogenated alkanes) is 4. The van der Waals surface area contributed by atoms with E-state index in [-0.39, 0.29) is 18.4 Å². The topological polar surface area (TPSA) is 111 Å². The van der Waals surface area contributed by atoms with Crippen molar-refractivity contribution in [2.24, 2.45) is 5.73 Å². The molecule has 7 nitrogen and oxygen atoms in total. The molecule has 1 atom stereocenters. The summed E-state index contributed by atoms with van der Waals surface area (Å²) in [5, 5.41) is 5.80. The molecule has 0 aliphatic carbocycles. The molecule has 0 aliphatic rings. The van der Waals surface area contributed by atoms with Crippen LogP contribution in [0.1, 0.15) is 78.5 Å². The van der Waals surface area contributed by atoms with E-state index in [1.54, 1.807) is 48.5 Å². The van der Waals surface area contributed by atoms with Crippen LogP contribution in [0.5, 0.6) is 5.75 Å². The van der Waals surface area contributed by atoms with Crippen LogP contribution in [0.3, 0.4) is 0 Å². The molecule has 7 heteroatoms. The number of rotatable bonds is 15. The molecule has 0 saturated carbocycles. The second-order valence-electron chi connectivity index (χ2n) is 9.29. The number of primary amides is 1. The minimum Gasteiger partial charge on any atom is -0.489 e. The summed E-state index contributed by atoms with van der Waals surface area (Å²) in [5.74, 6) is -0.305. The number of hydrogen-bond acceptors (Lipinski definition) is 4. The molecule has 0 unspecified atom stereocenters. The van der Waals surface area contributed by atoms with E-state index in [0.29, 0.717) is 29.9 Å². The largest absolute Gasteiger partial charge is 0.489 e. The monoisotopic (exact) mass is 515 g/mol. The van der Waals surface area contributed by atoms with Crippen LogP contribution in [-0.4, -0.2) is 17.7 Å². The van der Waals surface area contributed by atoms with Crippen LogP contribution < -0.4 is 21.1 Å². The van der Waals surface area contributed by atoms with Crippen molar-refractivity contribution in [1.29, 1.82) is 0 Å². The van der Waals surface area contributed by atoms with Gasteiger partial charge in [0.2, 0.25) is 17.7 Å². The number of hydrogen-bond donors (Lipinski definition) is 3. The lowest BCUT2D eigenvalue weighted by molar-refractivity contribution is -0.129. The first-order valence-electron chi connectivity index (χ1n) is 13.2. The van der Waals surface area contributed by atoms with Crippen molar-refractivity contribution in [1.82, 2.24) is 10.6 Å². The van der Waals surface area contributed by atoms with Gasteiger partial charge in [-0.1, -0.05) is 87.2 Å².